The molecule has 1 aromatic heterocycles. The zero-order chi connectivity index (χ0) is 12.4. The van der Waals surface area contributed by atoms with Crippen LogP contribution in [-0.2, 0) is 9.59 Å². The average molecular weight is 238 g/mol. The van der Waals surface area contributed by atoms with Gasteiger partial charge in [-0.1, -0.05) is 5.16 Å². The number of rotatable bonds is 2. The predicted molar refractivity (Wildman–Crippen MR) is 59.4 cm³/mol. The normalized spacial score (nSPS) is 19.9. The fourth-order valence-electron chi connectivity index (χ4n) is 1.48. The molecule has 1 aromatic rings. The molecule has 3 N–H and O–H groups in total. The molecule has 0 aromatic carbocycles. The number of aryl methyl sites for hydroxylation is 1. The Hall–Kier alpha value is -1.89. The summed E-state index contributed by atoms with van der Waals surface area (Å²) in [6, 6.07) is -0.447. The zero-order valence-electron chi connectivity index (χ0n) is 9.66. The van der Waals surface area contributed by atoms with E-state index in [0.29, 0.717) is 5.88 Å². The van der Waals surface area contributed by atoms with Crippen LogP contribution in [0, 0.1) is 13.8 Å². The first-order valence-corrected chi connectivity index (χ1v) is 5.31. The van der Waals surface area contributed by atoms with Crippen molar-refractivity contribution in [1.29, 1.82) is 0 Å². The molecule has 2 heterocycles. The quantitative estimate of drug-likeness (QED) is 0.634. The molecule has 1 saturated heterocycles. The van der Waals surface area contributed by atoms with E-state index in [0.717, 1.165) is 11.3 Å². The number of piperazine rings is 1. The van der Waals surface area contributed by atoms with Gasteiger partial charge in [0.05, 0.1) is 12.2 Å². The maximum atomic E-state index is 11.8. The lowest BCUT2D eigenvalue weighted by atomic mass is 10.2. The largest absolute Gasteiger partial charge is 0.353 e. The fraction of sp³-hybridized carbons (Fsp3) is 0.500. The van der Waals surface area contributed by atoms with E-state index in [1.165, 1.54) is 0 Å². The molecule has 2 amide bonds. The first-order chi connectivity index (χ1) is 8.08. The lowest BCUT2D eigenvalue weighted by Crippen LogP contribution is -2.56. The van der Waals surface area contributed by atoms with Gasteiger partial charge in [-0.2, -0.15) is 0 Å². The molecule has 1 aliphatic heterocycles. The van der Waals surface area contributed by atoms with Gasteiger partial charge >= 0.3 is 0 Å². The number of carbonyl (C=O) groups excluding carboxylic acids is 2. The lowest BCUT2D eigenvalue weighted by molar-refractivity contribution is -0.124. The first-order valence-electron chi connectivity index (χ1n) is 5.31. The van der Waals surface area contributed by atoms with Gasteiger partial charge < -0.3 is 9.84 Å². The van der Waals surface area contributed by atoms with Gasteiger partial charge in [0.15, 0.2) is 0 Å². The molecule has 0 radical (unpaired) electrons. The van der Waals surface area contributed by atoms with Crippen LogP contribution in [0.5, 0.6) is 0 Å². The van der Waals surface area contributed by atoms with Gasteiger partial charge in [0.1, 0.15) is 6.04 Å². The maximum absolute atomic E-state index is 11.8. The number of hydrogen-bond donors (Lipinski definition) is 3. The lowest BCUT2D eigenvalue weighted by Gasteiger charge is -2.22. The van der Waals surface area contributed by atoms with E-state index in [9.17, 15) is 9.59 Å². The number of hydrogen-bond acceptors (Lipinski definition) is 5. The van der Waals surface area contributed by atoms with Crippen molar-refractivity contribution >= 4 is 17.7 Å². The van der Waals surface area contributed by atoms with Crippen molar-refractivity contribution in [2.75, 3.05) is 18.4 Å². The summed E-state index contributed by atoms with van der Waals surface area (Å²) in [6.07, 6.45) is 0. The maximum Gasteiger partial charge on any atom is 0.245 e. The Morgan fingerprint density at radius 1 is 1.53 bits per heavy atom. The van der Waals surface area contributed by atoms with Gasteiger partial charge in [-0.05, 0) is 13.8 Å². The molecule has 0 aliphatic carbocycles. The summed E-state index contributed by atoms with van der Waals surface area (Å²) in [7, 11) is 0. The second-order valence-corrected chi connectivity index (χ2v) is 3.95. The Balaban J connectivity index is 1.97. The Morgan fingerprint density at radius 3 is 2.82 bits per heavy atom. The SMILES string of the molecule is Cc1noc(NC(=O)C2CNC(=O)CN2)c1C. The molecular formula is C10H14N4O3. The number of amides is 2. The van der Waals surface area contributed by atoms with Crippen LogP contribution < -0.4 is 16.0 Å². The second kappa shape index (κ2) is 4.54. The molecule has 17 heavy (non-hydrogen) atoms. The van der Waals surface area contributed by atoms with Gasteiger partial charge in [0.25, 0.3) is 0 Å². The number of nitrogens with zero attached hydrogens (tertiary/aromatic N) is 1. The van der Waals surface area contributed by atoms with E-state index in [1.807, 2.05) is 6.92 Å². The van der Waals surface area contributed by atoms with Crippen molar-refractivity contribution in [2.45, 2.75) is 19.9 Å². The molecular weight excluding hydrogens is 224 g/mol. The van der Waals surface area contributed by atoms with Gasteiger partial charge in [0, 0.05) is 12.1 Å². The molecule has 1 unspecified atom stereocenters. The topological polar surface area (TPSA) is 96.3 Å². The molecule has 92 valence electrons. The van der Waals surface area contributed by atoms with Gasteiger partial charge in [-0.25, -0.2) is 0 Å². The molecule has 0 saturated carbocycles. The Kier molecular flexibility index (Phi) is 3.10. The summed E-state index contributed by atoms with van der Waals surface area (Å²) in [5.74, 6) is -0.00353. The third kappa shape index (κ3) is 2.44. The van der Waals surface area contributed by atoms with Crippen LogP contribution in [0.2, 0.25) is 0 Å². The van der Waals surface area contributed by atoms with Crippen LogP contribution in [0.15, 0.2) is 4.52 Å². The highest BCUT2D eigenvalue weighted by atomic mass is 16.5. The smallest absolute Gasteiger partial charge is 0.245 e. The summed E-state index contributed by atoms with van der Waals surface area (Å²) < 4.78 is 4.98. The summed E-state index contributed by atoms with van der Waals surface area (Å²) in [5.41, 5.74) is 1.54. The third-order valence-corrected chi connectivity index (χ3v) is 2.72. The summed E-state index contributed by atoms with van der Waals surface area (Å²) in [4.78, 5) is 22.7. The monoisotopic (exact) mass is 238 g/mol. The van der Waals surface area contributed by atoms with Crippen molar-refractivity contribution in [3.8, 4) is 0 Å². The summed E-state index contributed by atoms with van der Waals surface area (Å²) >= 11 is 0. The van der Waals surface area contributed by atoms with Crippen molar-refractivity contribution in [3.63, 3.8) is 0 Å². The number of anilines is 1. The molecule has 2 rings (SSSR count). The first kappa shape index (κ1) is 11.6. The Bertz CT molecular complexity index is 444. The Morgan fingerprint density at radius 2 is 2.29 bits per heavy atom. The van der Waals surface area contributed by atoms with Crippen LogP contribution >= 0.6 is 0 Å². The van der Waals surface area contributed by atoms with Gasteiger partial charge in [-0.15, -0.1) is 0 Å². The van der Waals surface area contributed by atoms with Crippen molar-refractivity contribution in [2.24, 2.45) is 0 Å². The highest BCUT2D eigenvalue weighted by Crippen LogP contribution is 2.17. The minimum atomic E-state index is -0.447. The summed E-state index contributed by atoms with van der Waals surface area (Å²) in [6.45, 7) is 4.04. The van der Waals surface area contributed by atoms with Crippen LogP contribution in [0.4, 0.5) is 5.88 Å². The number of aromatic nitrogens is 1. The fourth-order valence-corrected chi connectivity index (χ4v) is 1.48. The molecule has 1 aliphatic rings. The Labute approximate surface area is 97.9 Å². The van der Waals surface area contributed by atoms with E-state index in [-0.39, 0.29) is 24.9 Å². The highest BCUT2D eigenvalue weighted by molar-refractivity contribution is 5.96. The summed E-state index contributed by atoms with van der Waals surface area (Å²) in [5, 5.41) is 11.8. The number of carbonyl (C=O) groups is 2. The van der Waals surface area contributed by atoms with E-state index < -0.39 is 6.04 Å². The molecule has 1 atom stereocenters. The standard InChI is InChI=1S/C10H14N4O3/c1-5-6(2)14-17-10(5)13-9(16)7-3-12-8(15)4-11-7/h7,11H,3-4H2,1-2H3,(H,12,15)(H,13,16). The average Bonchev–Trinajstić information content (AvgIpc) is 2.62. The van der Waals surface area contributed by atoms with E-state index >= 15 is 0 Å². The second-order valence-electron chi connectivity index (χ2n) is 3.95. The molecule has 7 heteroatoms. The van der Waals surface area contributed by atoms with E-state index in [4.69, 9.17) is 4.52 Å². The van der Waals surface area contributed by atoms with Crippen molar-refractivity contribution in [1.82, 2.24) is 15.8 Å². The molecule has 1 fully saturated rings. The van der Waals surface area contributed by atoms with Crippen LogP contribution in [0.25, 0.3) is 0 Å². The van der Waals surface area contributed by atoms with Crippen LogP contribution in [0.1, 0.15) is 11.3 Å². The predicted octanol–water partition coefficient (Wildman–Crippen LogP) is -0.682. The third-order valence-electron chi connectivity index (χ3n) is 2.72. The van der Waals surface area contributed by atoms with Crippen LogP contribution in [-0.4, -0.2) is 36.1 Å². The minimum Gasteiger partial charge on any atom is -0.353 e. The van der Waals surface area contributed by atoms with Crippen molar-refractivity contribution < 1.29 is 14.1 Å². The minimum absolute atomic E-state index is 0.110. The molecule has 7 nitrogen and oxygen atoms in total. The van der Waals surface area contributed by atoms with E-state index in [2.05, 4.69) is 21.1 Å². The van der Waals surface area contributed by atoms with Crippen LogP contribution in [0.3, 0.4) is 0 Å². The van der Waals surface area contributed by atoms with E-state index in [1.54, 1.807) is 6.92 Å². The number of nitrogens with one attached hydrogen (secondary N) is 3. The van der Waals surface area contributed by atoms with Crippen molar-refractivity contribution in [3.05, 3.63) is 11.3 Å². The highest BCUT2D eigenvalue weighted by Gasteiger charge is 2.25. The van der Waals surface area contributed by atoms with Gasteiger partial charge in [0.2, 0.25) is 17.7 Å². The molecule has 0 bridgehead atoms. The zero-order valence-corrected chi connectivity index (χ0v) is 9.66. The van der Waals surface area contributed by atoms with Gasteiger partial charge in [-0.3, -0.25) is 20.2 Å². The molecule has 0 spiro atoms.